The van der Waals surface area contributed by atoms with Gasteiger partial charge in [-0.05, 0) is 56.8 Å². The van der Waals surface area contributed by atoms with E-state index in [1.165, 1.54) is 6.07 Å². The standard InChI is InChI=1S/C20H24N4O2.ClH/c1-14-11-18(25)19(22-24(14)17-5-3-2-4-6-17)20(26)23-9-7-15-12-21-13-16(15)8-10-23;/h2-6,11,15-16,21H,7-10,12-13H2,1H3;1H/t15-,16+;. The molecular formula is C20H25ClN4O2. The SMILES string of the molecule is Cc1cc(=O)c(C(=O)N2CC[C@@H]3CNC[C@@H]3CC2)nn1-c1ccccc1.Cl. The summed E-state index contributed by atoms with van der Waals surface area (Å²) in [5.74, 6) is 1.03. The third kappa shape index (κ3) is 3.92. The molecule has 2 fully saturated rings. The lowest BCUT2D eigenvalue weighted by atomic mass is 9.92. The minimum atomic E-state index is -0.300. The molecule has 0 radical (unpaired) electrons. The summed E-state index contributed by atoms with van der Waals surface area (Å²) < 4.78 is 1.67. The molecule has 0 aliphatic carbocycles. The smallest absolute Gasteiger partial charge is 0.278 e. The van der Waals surface area contributed by atoms with Crippen molar-refractivity contribution in [1.29, 1.82) is 0 Å². The van der Waals surface area contributed by atoms with Gasteiger partial charge in [-0.2, -0.15) is 5.10 Å². The van der Waals surface area contributed by atoms with Crippen molar-refractivity contribution in [2.75, 3.05) is 26.2 Å². The Labute approximate surface area is 165 Å². The summed E-state index contributed by atoms with van der Waals surface area (Å²) in [6.45, 7) is 5.30. The van der Waals surface area contributed by atoms with Gasteiger partial charge in [0.2, 0.25) is 5.43 Å². The molecule has 1 aromatic carbocycles. The minimum Gasteiger partial charge on any atom is -0.337 e. The molecule has 0 bridgehead atoms. The molecule has 1 amide bonds. The van der Waals surface area contributed by atoms with Crippen LogP contribution in [0.5, 0.6) is 0 Å². The van der Waals surface area contributed by atoms with Crippen LogP contribution in [0.1, 0.15) is 29.0 Å². The predicted octanol–water partition coefficient (Wildman–Crippen LogP) is 2.03. The van der Waals surface area contributed by atoms with E-state index in [0.717, 1.165) is 31.6 Å². The molecule has 27 heavy (non-hydrogen) atoms. The average molecular weight is 389 g/mol. The first-order valence-corrected chi connectivity index (χ1v) is 9.30. The number of aromatic nitrogens is 2. The lowest BCUT2D eigenvalue weighted by Crippen LogP contribution is -2.37. The average Bonchev–Trinajstić information content (AvgIpc) is 3.00. The molecule has 2 aliphatic heterocycles. The molecule has 2 aromatic rings. The quantitative estimate of drug-likeness (QED) is 0.854. The Morgan fingerprint density at radius 2 is 1.74 bits per heavy atom. The Hall–Kier alpha value is -2.18. The molecule has 2 saturated heterocycles. The van der Waals surface area contributed by atoms with Crippen molar-refractivity contribution < 1.29 is 4.79 Å². The highest BCUT2D eigenvalue weighted by atomic mass is 35.5. The van der Waals surface area contributed by atoms with Gasteiger partial charge in [-0.15, -0.1) is 12.4 Å². The maximum Gasteiger partial charge on any atom is 0.278 e. The lowest BCUT2D eigenvalue weighted by molar-refractivity contribution is 0.0749. The Morgan fingerprint density at radius 1 is 1.11 bits per heavy atom. The second kappa shape index (κ2) is 8.23. The van der Waals surface area contributed by atoms with E-state index in [2.05, 4.69) is 10.4 Å². The number of fused-ring (bicyclic) bond motifs is 1. The highest BCUT2D eigenvalue weighted by molar-refractivity contribution is 5.92. The van der Waals surface area contributed by atoms with Crippen LogP contribution in [0.4, 0.5) is 0 Å². The maximum atomic E-state index is 13.0. The Bertz CT molecular complexity index is 854. The second-order valence-corrected chi connectivity index (χ2v) is 7.29. The normalized spacial score (nSPS) is 21.9. The number of para-hydroxylation sites is 1. The van der Waals surface area contributed by atoms with Crippen molar-refractivity contribution in [3.05, 3.63) is 58.0 Å². The zero-order valence-electron chi connectivity index (χ0n) is 15.4. The van der Waals surface area contributed by atoms with Gasteiger partial charge in [0.25, 0.3) is 5.91 Å². The number of rotatable bonds is 2. The molecule has 6 nitrogen and oxygen atoms in total. The van der Waals surface area contributed by atoms with Gasteiger partial charge in [-0.3, -0.25) is 9.59 Å². The fourth-order valence-electron chi connectivity index (χ4n) is 4.10. The highest BCUT2D eigenvalue weighted by Gasteiger charge is 2.32. The summed E-state index contributed by atoms with van der Waals surface area (Å²) in [4.78, 5) is 27.3. The van der Waals surface area contributed by atoms with Gasteiger partial charge in [0.05, 0.1) is 5.69 Å². The van der Waals surface area contributed by atoms with Gasteiger partial charge in [0.1, 0.15) is 0 Å². The number of hydrogen-bond donors (Lipinski definition) is 1. The number of benzene rings is 1. The van der Waals surface area contributed by atoms with Crippen molar-refractivity contribution in [3.8, 4) is 5.69 Å². The number of nitrogens with one attached hydrogen (secondary N) is 1. The van der Waals surface area contributed by atoms with Crippen molar-refractivity contribution in [2.45, 2.75) is 19.8 Å². The van der Waals surface area contributed by atoms with Crippen molar-refractivity contribution >= 4 is 18.3 Å². The van der Waals surface area contributed by atoms with Crippen LogP contribution in [0.2, 0.25) is 0 Å². The van der Waals surface area contributed by atoms with Crippen molar-refractivity contribution in [2.24, 2.45) is 11.8 Å². The topological polar surface area (TPSA) is 67.2 Å². The summed E-state index contributed by atoms with van der Waals surface area (Å²) in [7, 11) is 0. The van der Waals surface area contributed by atoms with Gasteiger partial charge in [-0.1, -0.05) is 18.2 Å². The number of halogens is 1. The molecular weight excluding hydrogens is 364 g/mol. The number of hydrogen-bond acceptors (Lipinski definition) is 4. The first-order valence-electron chi connectivity index (χ1n) is 9.30. The summed E-state index contributed by atoms with van der Waals surface area (Å²) in [6, 6.07) is 11.1. The van der Waals surface area contributed by atoms with Gasteiger partial charge >= 0.3 is 0 Å². The van der Waals surface area contributed by atoms with Crippen LogP contribution in [0.3, 0.4) is 0 Å². The van der Waals surface area contributed by atoms with Gasteiger partial charge in [0.15, 0.2) is 5.69 Å². The number of amides is 1. The van der Waals surface area contributed by atoms with E-state index < -0.39 is 0 Å². The third-order valence-corrected chi connectivity index (χ3v) is 5.62. The fourth-order valence-corrected chi connectivity index (χ4v) is 4.10. The van der Waals surface area contributed by atoms with Crippen LogP contribution < -0.4 is 10.7 Å². The van der Waals surface area contributed by atoms with Crippen LogP contribution in [0, 0.1) is 18.8 Å². The van der Waals surface area contributed by atoms with Gasteiger partial charge in [0, 0.05) is 24.8 Å². The zero-order chi connectivity index (χ0) is 18.1. The molecule has 7 heteroatoms. The Kier molecular flexibility index (Phi) is 5.97. The number of carbonyl (C=O) groups is 1. The largest absolute Gasteiger partial charge is 0.337 e. The van der Waals surface area contributed by atoms with Crippen LogP contribution in [0.15, 0.2) is 41.2 Å². The van der Waals surface area contributed by atoms with E-state index in [-0.39, 0.29) is 29.4 Å². The van der Waals surface area contributed by atoms with Crippen molar-refractivity contribution in [1.82, 2.24) is 20.0 Å². The monoisotopic (exact) mass is 388 g/mol. The summed E-state index contributed by atoms with van der Waals surface area (Å²) in [5, 5.41) is 7.86. The van der Waals surface area contributed by atoms with Gasteiger partial charge in [-0.25, -0.2) is 4.68 Å². The molecule has 1 aromatic heterocycles. The summed E-state index contributed by atoms with van der Waals surface area (Å²) in [5.41, 5.74) is 1.28. The first-order chi connectivity index (χ1) is 12.6. The van der Waals surface area contributed by atoms with E-state index in [1.54, 1.807) is 4.68 Å². The Balaban J connectivity index is 0.00000210. The summed E-state index contributed by atoms with van der Waals surface area (Å²) in [6.07, 6.45) is 1.98. The van der Waals surface area contributed by atoms with E-state index in [9.17, 15) is 9.59 Å². The maximum absolute atomic E-state index is 13.0. The van der Waals surface area contributed by atoms with E-state index in [4.69, 9.17) is 0 Å². The number of carbonyl (C=O) groups excluding carboxylic acids is 1. The Morgan fingerprint density at radius 3 is 2.37 bits per heavy atom. The van der Waals surface area contributed by atoms with Crippen molar-refractivity contribution in [3.63, 3.8) is 0 Å². The number of likely N-dealkylation sites (tertiary alicyclic amines) is 1. The molecule has 4 rings (SSSR count). The van der Waals surface area contributed by atoms with E-state index in [1.807, 2.05) is 42.2 Å². The molecule has 3 heterocycles. The third-order valence-electron chi connectivity index (χ3n) is 5.62. The predicted molar refractivity (Wildman–Crippen MR) is 107 cm³/mol. The summed E-state index contributed by atoms with van der Waals surface area (Å²) >= 11 is 0. The number of aryl methyl sites for hydroxylation is 1. The molecule has 0 unspecified atom stereocenters. The molecule has 144 valence electrons. The lowest BCUT2D eigenvalue weighted by Gasteiger charge is -2.21. The van der Waals surface area contributed by atoms with Gasteiger partial charge < -0.3 is 10.2 Å². The number of nitrogens with zero attached hydrogens (tertiary/aromatic N) is 3. The van der Waals surface area contributed by atoms with Crippen LogP contribution in [-0.2, 0) is 0 Å². The molecule has 1 N–H and O–H groups in total. The van der Waals surface area contributed by atoms with Crippen LogP contribution >= 0.6 is 12.4 Å². The molecule has 0 saturated carbocycles. The molecule has 2 aliphatic rings. The van der Waals surface area contributed by atoms with E-state index in [0.29, 0.717) is 30.6 Å². The second-order valence-electron chi connectivity index (χ2n) is 7.29. The van der Waals surface area contributed by atoms with E-state index >= 15 is 0 Å². The fraction of sp³-hybridized carbons (Fsp3) is 0.450. The first kappa shape index (κ1) is 19.6. The van der Waals surface area contributed by atoms with Crippen LogP contribution in [-0.4, -0.2) is 46.8 Å². The highest BCUT2D eigenvalue weighted by Crippen LogP contribution is 2.27. The molecule has 0 spiro atoms. The minimum absolute atomic E-state index is 0. The van der Waals surface area contributed by atoms with Crippen LogP contribution in [0.25, 0.3) is 5.69 Å². The molecule has 2 atom stereocenters. The zero-order valence-corrected chi connectivity index (χ0v) is 16.2.